The number of nitrogens with two attached hydrogens (primary N) is 1. The molecule has 27 heavy (non-hydrogen) atoms. The van der Waals surface area contributed by atoms with Crippen LogP contribution in [0.1, 0.15) is 0 Å². The maximum Gasteiger partial charge on any atom is 0.119 e. The Labute approximate surface area is 159 Å². The molecule has 3 saturated heterocycles. The van der Waals surface area contributed by atoms with Gasteiger partial charge in [0.15, 0.2) is 0 Å². The molecular formula is C21H26N2O4. The van der Waals surface area contributed by atoms with E-state index in [1.165, 1.54) is 5.69 Å². The average molecular weight is 370 g/mol. The molecule has 2 aromatic carbocycles. The first kappa shape index (κ1) is 18.1. The minimum atomic E-state index is 0.296. The second-order valence-corrected chi connectivity index (χ2v) is 6.99. The van der Waals surface area contributed by atoms with E-state index in [-0.39, 0.29) is 0 Å². The Balaban J connectivity index is 0.000000218. The van der Waals surface area contributed by atoms with Crippen LogP contribution in [0.25, 0.3) is 0 Å². The van der Waals surface area contributed by atoms with Crippen LogP contribution in [0.5, 0.6) is 5.75 Å². The van der Waals surface area contributed by atoms with E-state index in [0.29, 0.717) is 24.9 Å². The molecular weight excluding hydrogens is 344 g/mol. The van der Waals surface area contributed by atoms with Crippen LogP contribution in [0.15, 0.2) is 54.6 Å². The standard InChI is InChI=1S/C15H19NO4.C6H7N/c1-3-12(17-9-15-10-20-15)4-2-11(1)16(5-13-7-18-13)6-14-8-19-14;7-6-4-2-1-3-5-6/h1-4,13-15H,5-10H2;1-5H,7H2. The second-order valence-electron chi connectivity index (χ2n) is 6.99. The van der Waals surface area contributed by atoms with E-state index in [9.17, 15) is 0 Å². The molecule has 0 aromatic heterocycles. The molecule has 3 heterocycles. The van der Waals surface area contributed by atoms with E-state index in [4.69, 9.17) is 24.7 Å². The maximum atomic E-state index is 5.66. The summed E-state index contributed by atoms with van der Waals surface area (Å²) in [5, 5.41) is 0. The van der Waals surface area contributed by atoms with Crippen molar-refractivity contribution >= 4 is 11.4 Å². The van der Waals surface area contributed by atoms with Crippen LogP contribution in [0.3, 0.4) is 0 Å². The van der Waals surface area contributed by atoms with Gasteiger partial charge >= 0.3 is 0 Å². The van der Waals surface area contributed by atoms with Gasteiger partial charge in [0.1, 0.15) is 18.5 Å². The van der Waals surface area contributed by atoms with Gasteiger partial charge in [-0.25, -0.2) is 0 Å². The molecule has 0 bridgehead atoms. The topological polar surface area (TPSA) is 76.1 Å². The van der Waals surface area contributed by atoms with Crippen molar-refractivity contribution in [1.29, 1.82) is 0 Å². The zero-order valence-corrected chi connectivity index (χ0v) is 15.3. The first-order valence-electron chi connectivity index (χ1n) is 9.39. The van der Waals surface area contributed by atoms with Gasteiger partial charge in [-0.2, -0.15) is 0 Å². The van der Waals surface area contributed by atoms with Crippen molar-refractivity contribution in [3.8, 4) is 5.75 Å². The quantitative estimate of drug-likeness (QED) is 0.568. The molecule has 144 valence electrons. The Bertz CT molecular complexity index is 684. The van der Waals surface area contributed by atoms with Crippen molar-refractivity contribution in [3.63, 3.8) is 0 Å². The van der Waals surface area contributed by atoms with Crippen molar-refractivity contribution in [2.45, 2.75) is 18.3 Å². The van der Waals surface area contributed by atoms with Gasteiger partial charge in [-0.1, -0.05) is 18.2 Å². The molecule has 0 spiro atoms. The van der Waals surface area contributed by atoms with Gasteiger partial charge in [-0.3, -0.25) is 0 Å². The molecule has 6 heteroatoms. The lowest BCUT2D eigenvalue weighted by molar-refractivity contribution is 0.263. The van der Waals surface area contributed by atoms with Crippen LogP contribution >= 0.6 is 0 Å². The summed E-state index contributed by atoms with van der Waals surface area (Å²) < 4.78 is 21.5. The van der Waals surface area contributed by atoms with E-state index in [1.807, 2.05) is 42.5 Å². The summed E-state index contributed by atoms with van der Waals surface area (Å²) in [7, 11) is 0. The van der Waals surface area contributed by atoms with E-state index in [0.717, 1.165) is 44.3 Å². The molecule has 5 rings (SSSR count). The number of nitrogen functional groups attached to an aromatic ring is 1. The lowest BCUT2D eigenvalue weighted by Crippen LogP contribution is -2.31. The molecule has 3 unspecified atom stereocenters. The Morgan fingerprint density at radius 2 is 1.37 bits per heavy atom. The fourth-order valence-corrected chi connectivity index (χ4v) is 2.68. The van der Waals surface area contributed by atoms with Gasteiger partial charge in [-0.15, -0.1) is 0 Å². The molecule has 6 nitrogen and oxygen atoms in total. The molecule has 0 aliphatic carbocycles. The predicted molar refractivity (Wildman–Crippen MR) is 104 cm³/mol. The number of hydrogen-bond donors (Lipinski definition) is 1. The fraction of sp³-hybridized carbons (Fsp3) is 0.429. The Hall–Kier alpha value is -2.28. The van der Waals surface area contributed by atoms with Crippen LogP contribution in [0, 0.1) is 0 Å². The Kier molecular flexibility index (Phi) is 5.77. The SMILES string of the molecule is Nc1ccccc1.c1cc(N(CC2CO2)CC2CO2)ccc1OCC1CO1. The van der Waals surface area contributed by atoms with Crippen molar-refractivity contribution < 1.29 is 18.9 Å². The summed E-state index contributed by atoms with van der Waals surface area (Å²) in [4.78, 5) is 2.34. The van der Waals surface area contributed by atoms with E-state index < -0.39 is 0 Å². The Morgan fingerprint density at radius 1 is 0.815 bits per heavy atom. The lowest BCUT2D eigenvalue weighted by atomic mass is 10.2. The predicted octanol–water partition coefficient (Wildman–Crippen LogP) is 2.34. The number of ether oxygens (including phenoxy) is 4. The summed E-state index contributed by atoms with van der Waals surface area (Å²) in [5.74, 6) is 0.898. The van der Waals surface area contributed by atoms with E-state index >= 15 is 0 Å². The highest BCUT2D eigenvalue weighted by Gasteiger charge is 2.31. The van der Waals surface area contributed by atoms with E-state index in [2.05, 4.69) is 17.0 Å². The zero-order valence-electron chi connectivity index (χ0n) is 15.3. The van der Waals surface area contributed by atoms with Gasteiger partial charge in [0.25, 0.3) is 0 Å². The molecule has 0 radical (unpaired) electrons. The fourth-order valence-electron chi connectivity index (χ4n) is 2.68. The number of anilines is 2. The third-order valence-electron chi connectivity index (χ3n) is 4.49. The first-order chi connectivity index (χ1) is 13.3. The van der Waals surface area contributed by atoms with Crippen molar-refractivity contribution in [1.82, 2.24) is 0 Å². The maximum absolute atomic E-state index is 5.66. The van der Waals surface area contributed by atoms with Crippen LogP contribution < -0.4 is 15.4 Å². The number of epoxide rings is 3. The summed E-state index contributed by atoms with van der Waals surface area (Å²) in [6.45, 7) is 5.12. The van der Waals surface area contributed by atoms with Crippen molar-refractivity contribution in [2.24, 2.45) is 0 Å². The molecule has 3 aliphatic rings. The number of hydrogen-bond acceptors (Lipinski definition) is 6. The highest BCUT2D eigenvalue weighted by Crippen LogP contribution is 2.25. The first-order valence-corrected chi connectivity index (χ1v) is 9.39. The van der Waals surface area contributed by atoms with Crippen molar-refractivity contribution in [3.05, 3.63) is 54.6 Å². The van der Waals surface area contributed by atoms with Crippen LogP contribution in [0.4, 0.5) is 11.4 Å². The Morgan fingerprint density at radius 3 is 1.81 bits per heavy atom. The van der Waals surface area contributed by atoms with Crippen LogP contribution in [-0.2, 0) is 14.2 Å². The molecule has 0 saturated carbocycles. The third kappa shape index (κ3) is 6.43. The minimum Gasteiger partial charge on any atom is -0.491 e. The summed E-state index contributed by atoms with van der Waals surface area (Å²) in [5.41, 5.74) is 7.38. The second kappa shape index (κ2) is 8.61. The number of benzene rings is 2. The normalized spacial score (nSPS) is 24.4. The number of para-hydroxylation sites is 1. The summed E-state index contributed by atoms with van der Waals surface area (Å²) >= 11 is 0. The molecule has 2 aromatic rings. The molecule has 2 N–H and O–H groups in total. The number of rotatable bonds is 8. The molecule has 3 fully saturated rings. The van der Waals surface area contributed by atoms with Gasteiger partial charge < -0.3 is 29.6 Å². The van der Waals surface area contributed by atoms with Crippen molar-refractivity contribution in [2.75, 3.05) is 50.2 Å². The third-order valence-corrected chi connectivity index (χ3v) is 4.49. The van der Waals surface area contributed by atoms with Gasteiger partial charge in [-0.05, 0) is 36.4 Å². The minimum absolute atomic E-state index is 0.296. The van der Waals surface area contributed by atoms with E-state index in [1.54, 1.807) is 0 Å². The number of nitrogens with zero attached hydrogens (tertiary/aromatic N) is 1. The van der Waals surface area contributed by atoms with Gasteiger partial charge in [0.2, 0.25) is 0 Å². The zero-order chi connectivity index (χ0) is 18.5. The molecule has 3 atom stereocenters. The van der Waals surface area contributed by atoms with Crippen LogP contribution in [0.2, 0.25) is 0 Å². The largest absolute Gasteiger partial charge is 0.491 e. The highest BCUT2D eigenvalue weighted by atomic mass is 16.6. The van der Waals surface area contributed by atoms with Crippen LogP contribution in [-0.4, -0.2) is 57.8 Å². The molecule has 0 amide bonds. The lowest BCUT2D eigenvalue weighted by Gasteiger charge is -2.23. The summed E-state index contributed by atoms with van der Waals surface area (Å²) in [6, 6.07) is 17.7. The average Bonchev–Trinajstić information content (AvgIpc) is 3.55. The summed E-state index contributed by atoms with van der Waals surface area (Å²) in [6.07, 6.45) is 1.07. The highest BCUT2D eigenvalue weighted by molar-refractivity contribution is 5.49. The van der Waals surface area contributed by atoms with Gasteiger partial charge in [0, 0.05) is 24.5 Å². The smallest absolute Gasteiger partial charge is 0.119 e. The monoisotopic (exact) mass is 370 g/mol. The van der Waals surface area contributed by atoms with Gasteiger partial charge in [0.05, 0.1) is 32.0 Å². The molecule has 3 aliphatic heterocycles.